The van der Waals surface area contributed by atoms with Crippen LogP contribution < -0.4 is 5.43 Å². The van der Waals surface area contributed by atoms with Gasteiger partial charge in [0.2, 0.25) is 0 Å². The molecule has 0 atom stereocenters. The number of halogens is 1. The average Bonchev–Trinajstić information content (AvgIpc) is 2.50. The lowest BCUT2D eigenvalue weighted by Gasteiger charge is -2.03. The summed E-state index contributed by atoms with van der Waals surface area (Å²) in [4.78, 5) is 22.1. The van der Waals surface area contributed by atoms with Gasteiger partial charge in [-0.05, 0) is 24.3 Å². The summed E-state index contributed by atoms with van der Waals surface area (Å²) < 4.78 is 0. The van der Waals surface area contributed by atoms with E-state index in [0.29, 0.717) is 0 Å². The fourth-order valence-corrected chi connectivity index (χ4v) is 1.85. The first-order chi connectivity index (χ1) is 10.5. The van der Waals surface area contributed by atoms with Gasteiger partial charge in [-0.1, -0.05) is 23.7 Å². The number of phenols is 1. The quantitative estimate of drug-likeness (QED) is 0.513. The van der Waals surface area contributed by atoms with E-state index in [0.717, 1.165) is 6.21 Å². The van der Waals surface area contributed by atoms with Crippen LogP contribution in [-0.4, -0.2) is 22.2 Å². The molecule has 0 radical (unpaired) electrons. The number of phenolic OH excluding ortho intramolecular Hbond substituents is 1. The molecular formula is C14H10ClN3O4. The standard InChI is InChI=1S/C14H10ClN3O4/c15-10-5-6-13(19)11(7-10)14(20)17-16-8-9-3-1-2-4-12(9)18(21)22/h1-8,19H,(H,17,20). The van der Waals surface area contributed by atoms with Crippen LogP contribution in [-0.2, 0) is 0 Å². The van der Waals surface area contributed by atoms with Gasteiger partial charge in [-0.15, -0.1) is 0 Å². The molecule has 0 spiro atoms. The second kappa shape index (κ2) is 6.68. The second-order valence-corrected chi connectivity index (χ2v) is 4.61. The predicted molar refractivity (Wildman–Crippen MR) is 81.3 cm³/mol. The minimum atomic E-state index is -0.685. The number of aromatic hydroxyl groups is 1. The molecule has 2 rings (SSSR count). The molecule has 2 aromatic carbocycles. The lowest BCUT2D eigenvalue weighted by Crippen LogP contribution is -2.17. The molecule has 0 bridgehead atoms. The van der Waals surface area contributed by atoms with Gasteiger partial charge in [0.25, 0.3) is 11.6 Å². The van der Waals surface area contributed by atoms with E-state index in [-0.39, 0.29) is 27.6 Å². The third-order valence-corrected chi connectivity index (χ3v) is 2.94. The Balaban J connectivity index is 2.14. The summed E-state index contributed by atoms with van der Waals surface area (Å²) in [6.07, 6.45) is 1.15. The Morgan fingerprint density at radius 2 is 2.05 bits per heavy atom. The molecule has 0 aliphatic rings. The van der Waals surface area contributed by atoms with Gasteiger partial charge in [0.1, 0.15) is 5.75 Å². The van der Waals surface area contributed by atoms with Gasteiger partial charge in [-0.2, -0.15) is 5.10 Å². The number of rotatable bonds is 4. The van der Waals surface area contributed by atoms with E-state index >= 15 is 0 Å². The zero-order chi connectivity index (χ0) is 16.1. The lowest BCUT2D eigenvalue weighted by molar-refractivity contribution is -0.385. The fraction of sp³-hybridized carbons (Fsp3) is 0. The number of hydrazone groups is 1. The van der Waals surface area contributed by atoms with E-state index in [2.05, 4.69) is 10.5 Å². The largest absolute Gasteiger partial charge is 0.507 e. The number of nitrogens with zero attached hydrogens (tertiary/aromatic N) is 2. The van der Waals surface area contributed by atoms with Crippen molar-refractivity contribution in [2.75, 3.05) is 0 Å². The monoisotopic (exact) mass is 319 g/mol. The number of hydrogen-bond acceptors (Lipinski definition) is 5. The Morgan fingerprint density at radius 3 is 2.77 bits per heavy atom. The van der Waals surface area contributed by atoms with Crippen LogP contribution >= 0.6 is 11.6 Å². The highest BCUT2D eigenvalue weighted by Crippen LogP contribution is 2.21. The van der Waals surface area contributed by atoms with Crippen LogP contribution in [0.3, 0.4) is 0 Å². The highest BCUT2D eigenvalue weighted by molar-refractivity contribution is 6.31. The number of carbonyl (C=O) groups is 1. The number of benzene rings is 2. The molecule has 0 heterocycles. The van der Waals surface area contributed by atoms with E-state index in [1.807, 2.05) is 0 Å². The van der Waals surface area contributed by atoms with Crippen LogP contribution in [0.25, 0.3) is 0 Å². The molecule has 7 nitrogen and oxygen atoms in total. The Kier molecular flexibility index (Phi) is 4.70. The van der Waals surface area contributed by atoms with Gasteiger partial charge >= 0.3 is 0 Å². The van der Waals surface area contributed by atoms with Crippen molar-refractivity contribution in [2.45, 2.75) is 0 Å². The molecule has 8 heteroatoms. The van der Waals surface area contributed by atoms with Crippen molar-refractivity contribution in [3.8, 4) is 5.75 Å². The smallest absolute Gasteiger partial charge is 0.278 e. The normalized spacial score (nSPS) is 10.6. The number of carbonyl (C=O) groups excluding carboxylic acids is 1. The second-order valence-electron chi connectivity index (χ2n) is 4.18. The topological polar surface area (TPSA) is 105 Å². The van der Waals surface area contributed by atoms with E-state index in [4.69, 9.17) is 11.6 Å². The summed E-state index contributed by atoms with van der Waals surface area (Å²) in [5, 5.41) is 24.3. The molecular weight excluding hydrogens is 310 g/mol. The predicted octanol–water partition coefficient (Wildman–Crippen LogP) is 2.72. The molecule has 22 heavy (non-hydrogen) atoms. The summed E-state index contributed by atoms with van der Waals surface area (Å²) in [6.45, 7) is 0. The first kappa shape index (κ1) is 15.5. The maximum atomic E-state index is 11.8. The van der Waals surface area contributed by atoms with Crippen LogP contribution in [0.2, 0.25) is 5.02 Å². The Morgan fingerprint density at radius 1 is 1.32 bits per heavy atom. The van der Waals surface area contributed by atoms with Gasteiger partial charge in [0, 0.05) is 11.1 Å². The minimum absolute atomic E-state index is 0.0489. The lowest BCUT2D eigenvalue weighted by atomic mass is 10.2. The van der Waals surface area contributed by atoms with Crippen molar-refractivity contribution in [1.82, 2.24) is 5.43 Å². The molecule has 0 aliphatic heterocycles. The number of para-hydroxylation sites is 1. The first-order valence-corrected chi connectivity index (χ1v) is 6.42. The van der Waals surface area contributed by atoms with Crippen molar-refractivity contribution in [2.24, 2.45) is 5.10 Å². The third kappa shape index (κ3) is 3.58. The SMILES string of the molecule is O=C(NN=Cc1ccccc1[N+](=O)[O-])c1cc(Cl)ccc1O. The number of amides is 1. The van der Waals surface area contributed by atoms with E-state index in [1.54, 1.807) is 6.07 Å². The van der Waals surface area contributed by atoms with Gasteiger partial charge in [0.05, 0.1) is 22.3 Å². The van der Waals surface area contributed by atoms with Crippen LogP contribution in [0.15, 0.2) is 47.6 Å². The summed E-state index contributed by atoms with van der Waals surface area (Å²) in [5.74, 6) is -0.933. The van der Waals surface area contributed by atoms with Crippen molar-refractivity contribution in [3.63, 3.8) is 0 Å². The van der Waals surface area contributed by atoms with Gasteiger partial charge in [0.15, 0.2) is 0 Å². The van der Waals surface area contributed by atoms with Crippen LogP contribution in [0.5, 0.6) is 5.75 Å². The molecule has 1 amide bonds. The van der Waals surface area contributed by atoms with Crippen LogP contribution in [0.4, 0.5) is 5.69 Å². The fourth-order valence-electron chi connectivity index (χ4n) is 1.67. The zero-order valence-corrected chi connectivity index (χ0v) is 11.8. The Labute approximate surface area is 130 Å². The van der Waals surface area contributed by atoms with Gasteiger partial charge in [-0.3, -0.25) is 14.9 Å². The van der Waals surface area contributed by atoms with Crippen molar-refractivity contribution >= 4 is 29.4 Å². The molecule has 0 saturated heterocycles. The molecule has 2 N–H and O–H groups in total. The Hall–Kier alpha value is -2.93. The van der Waals surface area contributed by atoms with Crippen LogP contribution in [0, 0.1) is 10.1 Å². The maximum Gasteiger partial charge on any atom is 0.278 e. The summed E-state index contributed by atoms with van der Waals surface area (Å²) in [5.41, 5.74) is 2.23. The minimum Gasteiger partial charge on any atom is -0.507 e. The Bertz CT molecular complexity index is 762. The van der Waals surface area contributed by atoms with Crippen molar-refractivity contribution in [1.29, 1.82) is 0 Å². The van der Waals surface area contributed by atoms with E-state index < -0.39 is 10.8 Å². The van der Waals surface area contributed by atoms with Gasteiger partial charge in [-0.25, -0.2) is 5.43 Å². The van der Waals surface area contributed by atoms with E-state index in [9.17, 15) is 20.0 Å². The third-order valence-electron chi connectivity index (χ3n) is 2.71. The molecule has 0 saturated carbocycles. The van der Waals surface area contributed by atoms with Crippen LogP contribution in [0.1, 0.15) is 15.9 Å². The summed E-state index contributed by atoms with van der Waals surface area (Å²) >= 11 is 5.74. The summed E-state index contributed by atoms with van der Waals surface area (Å²) in [7, 11) is 0. The van der Waals surface area contributed by atoms with Crippen molar-refractivity contribution < 1.29 is 14.8 Å². The molecule has 2 aromatic rings. The summed E-state index contributed by atoms with van der Waals surface area (Å²) in [6, 6.07) is 9.95. The van der Waals surface area contributed by atoms with E-state index in [1.165, 1.54) is 36.4 Å². The zero-order valence-electron chi connectivity index (χ0n) is 11.1. The molecule has 0 aromatic heterocycles. The highest BCUT2D eigenvalue weighted by atomic mass is 35.5. The number of nitrogens with one attached hydrogen (secondary N) is 1. The molecule has 112 valence electrons. The maximum absolute atomic E-state index is 11.8. The molecule has 0 aliphatic carbocycles. The molecule has 0 unspecified atom stereocenters. The number of nitro benzene ring substituents is 1. The first-order valence-electron chi connectivity index (χ1n) is 6.04. The average molecular weight is 320 g/mol. The molecule has 0 fully saturated rings. The highest BCUT2D eigenvalue weighted by Gasteiger charge is 2.12. The number of hydrogen-bond donors (Lipinski definition) is 2. The van der Waals surface area contributed by atoms with Crippen molar-refractivity contribution in [3.05, 3.63) is 68.7 Å². The number of nitro groups is 1. The van der Waals surface area contributed by atoms with Gasteiger partial charge < -0.3 is 5.11 Å².